The minimum Gasteiger partial charge on any atom is -0.444 e. The molecule has 5 nitrogen and oxygen atoms in total. The maximum Gasteiger partial charge on any atom is 0.413 e. The Morgan fingerprint density at radius 2 is 1.69 bits per heavy atom. The maximum atomic E-state index is 11.8. The Hall–Kier alpha value is -0.663. The first-order chi connectivity index (χ1) is 11.6. The molecule has 0 saturated heterocycles. The van der Waals surface area contributed by atoms with Gasteiger partial charge in [0.1, 0.15) is 5.60 Å². The second kappa shape index (κ2) is 8.57. The van der Waals surface area contributed by atoms with Crippen LogP contribution in [0.4, 0.5) is 4.79 Å². The number of carbonyl (C=O) groups excluding carboxylic acids is 1. The fourth-order valence-corrected chi connectivity index (χ4v) is 4.56. The van der Waals surface area contributed by atoms with Crippen LogP contribution in [-0.4, -0.2) is 37.3 Å². The SMILES string of the molecule is C[C@H]1C[C@@H](NC(=S)NC(=O)OC(C)(C)C)CC[C@@H]1O[Si](C)(C)C(C)(C)C. The van der Waals surface area contributed by atoms with E-state index in [0.29, 0.717) is 17.1 Å². The van der Waals surface area contributed by atoms with Crippen LogP contribution in [0.25, 0.3) is 0 Å². The predicted octanol–water partition coefficient (Wildman–Crippen LogP) is 4.96. The van der Waals surface area contributed by atoms with Gasteiger partial charge < -0.3 is 14.5 Å². The third-order valence-corrected chi connectivity index (χ3v) is 10.0. The van der Waals surface area contributed by atoms with Crippen LogP contribution in [0.1, 0.15) is 67.7 Å². The van der Waals surface area contributed by atoms with Gasteiger partial charge >= 0.3 is 6.09 Å². The van der Waals surface area contributed by atoms with Crippen molar-refractivity contribution in [1.29, 1.82) is 0 Å². The lowest BCUT2D eigenvalue weighted by Gasteiger charge is -2.43. The molecule has 0 aromatic rings. The topological polar surface area (TPSA) is 59.6 Å². The number of carbonyl (C=O) groups is 1. The number of alkyl carbamates (subject to hydrolysis) is 1. The molecule has 2 N–H and O–H groups in total. The van der Waals surface area contributed by atoms with Crippen LogP contribution in [0, 0.1) is 5.92 Å². The average molecular weight is 403 g/mol. The van der Waals surface area contributed by atoms with Gasteiger partial charge in [0.05, 0.1) is 0 Å². The van der Waals surface area contributed by atoms with E-state index in [-0.39, 0.29) is 11.1 Å². The highest BCUT2D eigenvalue weighted by atomic mass is 32.1. The van der Waals surface area contributed by atoms with Gasteiger partial charge in [-0.1, -0.05) is 27.7 Å². The quantitative estimate of drug-likeness (QED) is 0.516. The maximum absolute atomic E-state index is 11.8. The van der Waals surface area contributed by atoms with Crippen LogP contribution in [0.2, 0.25) is 18.1 Å². The van der Waals surface area contributed by atoms with Crippen LogP contribution in [0.15, 0.2) is 0 Å². The number of hydrogen-bond donors (Lipinski definition) is 2. The molecule has 1 aliphatic carbocycles. The molecule has 0 unspecified atom stereocenters. The molecule has 0 bridgehead atoms. The smallest absolute Gasteiger partial charge is 0.413 e. The summed E-state index contributed by atoms with van der Waals surface area (Å²) < 4.78 is 11.8. The minimum absolute atomic E-state index is 0.223. The van der Waals surface area contributed by atoms with E-state index in [1.54, 1.807) is 0 Å². The monoisotopic (exact) mass is 402 g/mol. The van der Waals surface area contributed by atoms with Crippen LogP contribution in [-0.2, 0) is 9.16 Å². The lowest BCUT2D eigenvalue weighted by atomic mass is 9.85. The zero-order chi connectivity index (χ0) is 20.3. The highest BCUT2D eigenvalue weighted by molar-refractivity contribution is 7.80. The first-order valence-electron chi connectivity index (χ1n) is 9.59. The van der Waals surface area contributed by atoms with Crippen molar-refractivity contribution >= 4 is 31.7 Å². The fraction of sp³-hybridized carbons (Fsp3) is 0.895. The molecule has 3 atom stereocenters. The molecule has 7 heteroatoms. The van der Waals surface area contributed by atoms with E-state index in [9.17, 15) is 4.79 Å². The van der Waals surface area contributed by atoms with Gasteiger partial charge in [0.2, 0.25) is 0 Å². The second-order valence-electron chi connectivity index (χ2n) is 10.0. The van der Waals surface area contributed by atoms with Gasteiger partial charge in [-0.2, -0.15) is 0 Å². The highest BCUT2D eigenvalue weighted by Gasteiger charge is 2.41. The molecule has 152 valence electrons. The van der Waals surface area contributed by atoms with E-state index in [1.165, 1.54) is 0 Å². The van der Waals surface area contributed by atoms with E-state index in [4.69, 9.17) is 21.4 Å². The van der Waals surface area contributed by atoms with Crippen molar-refractivity contribution in [1.82, 2.24) is 10.6 Å². The summed E-state index contributed by atoms with van der Waals surface area (Å²) >= 11 is 5.26. The van der Waals surface area contributed by atoms with Crippen LogP contribution in [0.3, 0.4) is 0 Å². The molecular weight excluding hydrogens is 364 g/mol. The Kier molecular flexibility index (Phi) is 7.70. The van der Waals surface area contributed by atoms with Gasteiger partial charge in [0.15, 0.2) is 13.4 Å². The van der Waals surface area contributed by atoms with Crippen molar-refractivity contribution in [2.24, 2.45) is 5.92 Å². The van der Waals surface area contributed by atoms with E-state index < -0.39 is 20.0 Å². The molecule has 0 heterocycles. The molecule has 1 rings (SSSR count). The number of thiocarbonyl (C=S) groups is 1. The molecule has 1 saturated carbocycles. The Morgan fingerprint density at radius 1 is 1.12 bits per heavy atom. The molecular formula is C19H38N2O3SSi. The molecule has 0 aromatic carbocycles. The molecule has 0 spiro atoms. The second-order valence-corrected chi connectivity index (χ2v) is 15.2. The largest absolute Gasteiger partial charge is 0.444 e. The summed E-state index contributed by atoms with van der Waals surface area (Å²) in [5.74, 6) is 0.458. The number of rotatable bonds is 3. The molecule has 26 heavy (non-hydrogen) atoms. The lowest BCUT2D eigenvalue weighted by Crippen LogP contribution is -2.51. The predicted molar refractivity (Wildman–Crippen MR) is 114 cm³/mol. The number of ether oxygens (including phenoxy) is 1. The van der Waals surface area contributed by atoms with Crippen molar-refractivity contribution in [2.75, 3.05) is 0 Å². The van der Waals surface area contributed by atoms with Crippen LogP contribution >= 0.6 is 12.2 Å². The summed E-state index contributed by atoms with van der Waals surface area (Å²) in [5, 5.41) is 6.41. The molecule has 0 radical (unpaired) electrons. The number of nitrogens with one attached hydrogen (secondary N) is 2. The standard InChI is InChI=1S/C19H38N2O3SSi/c1-13-12-14(20-16(25)21-17(22)23-18(2,3)4)10-11-15(13)24-26(8,9)19(5,6)7/h13-15H,10-12H2,1-9H3,(H2,20,21,22,25)/t13-,14-,15-/m0/s1. The van der Waals surface area contributed by atoms with E-state index >= 15 is 0 Å². The van der Waals surface area contributed by atoms with Gasteiger partial charge in [-0.25, -0.2) is 4.79 Å². The average Bonchev–Trinajstić information content (AvgIpc) is 2.37. The van der Waals surface area contributed by atoms with Gasteiger partial charge in [0, 0.05) is 12.1 Å². The lowest BCUT2D eigenvalue weighted by molar-refractivity contribution is 0.0559. The summed E-state index contributed by atoms with van der Waals surface area (Å²) in [5.41, 5.74) is -0.534. The van der Waals surface area contributed by atoms with Crippen molar-refractivity contribution in [2.45, 2.75) is 104 Å². The van der Waals surface area contributed by atoms with Gasteiger partial charge in [-0.15, -0.1) is 0 Å². The zero-order valence-corrected chi connectivity index (χ0v) is 19.8. The van der Waals surface area contributed by atoms with Crippen molar-refractivity contribution in [3.63, 3.8) is 0 Å². The summed E-state index contributed by atoms with van der Waals surface area (Å²) in [6.45, 7) is 19.2. The van der Waals surface area contributed by atoms with E-state index in [0.717, 1.165) is 19.3 Å². The molecule has 0 aliphatic heterocycles. The van der Waals surface area contributed by atoms with Crippen LogP contribution < -0.4 is 10.6 Å². The van der Waals surface area contributed by atoms with E-state index in [1.807, 2.05) is 20.8 Å². The van der Waals surface area contributed by atoms with Gasteiger partial charge in [0.25, 0.3) is 0 Å². The zero-order valence-electron chi connectivity index (χ0n) is 18.0. The first kappa shape index (κ1) is 23.4. The molecule has 1 fully saturated rings. The Labute approximate surface area is 166 Å². The fourth-order valence-electron chi connectivity index (χ4n) is 2.85. The summed E-state index contributed by atoms with van der Waals surface area (Å²) in [7, 11) is -1.75. The van der Waals surface area contributed by atoms with Gasteiger partial charge in [-0.05, 0) is 76.3 Å². The molecule has 1 amide bonds. The normalized spacial score (nSPS) is 24.7. The van der Waals surface area contributed by atoms with Crippen molar-refractivity contribution < 1.29 is 14.0 Å². The Bertz CT molecular complexity index is 512. The van der Waals surface area contributed by atoms with Crippen LogP contribution in [0.5, 0.6) is 0 Å². The van der Waals surface area contributed by atoms with E-state index in [2.05, 4.69) is 51.4 Å². The number of hydrogen-bond acceptors (Lipinski definition) is 4. The van der Waals surface area contributed by atoms with Crippen molar-refractivity contribution in [3.8, 4) is 0 Å². The third-order valence-electron chi connectivity index (χ3n) is 5.29. The van der Waals surface area contributed by atoms with Crippen molar-refractivity contribution in [3.05, 3.63) is 0 Å². The summed E-state index contributed by atoms with van der Waals surface area (Å²) in [6, 6.07) is 0.256. The number of amides is 1. The highest BCUT2D eigenvalue weighted by Crippen LogP contribution is 2.40. The third kappa shape index (κ3) is 7.52. The molecule has 1 aliphatic rings. The molecule has 0 aromatic heterocycles. The Morgan fingerprint density at radius 3 is 2.15 bits per heavy atom. The minimum atomic E-state index is -1.75. The summed E-state index contributed by atoms with van der Waals surface area (Å²) in [4.78, 5) is 11.8. The summed E-state index contributed by atoms with van der Waals surface area (Å²) in [6.07, 6.45) is 2.77. The van der Waals surface area contributed by atoms with Gasteiger partial charge in [-0.3, -0.25) is 5.32 Å². The Balaban J connectivity index is 2.49. The first-order valence-corrected chi connectivity index (χ1v) is 12.9.